The number of anilines is 1. The molecule has 0 bridgehead atoms. The van der Waals surface area contributed by atoms with Crippen LogP contribution < -0.4 is 4.31 Å². The number of sulfonamides is 1. The summed E-state index contributed by atoms with van der Waals surface area (Å²) in [7, 11) is -3.92. The molecule has 0 saturated carbocycles. The van der Waals surface area contributed by atoms with Crippen LogP contribution in [0, 0.1) is 11.3 Å². The summed E-state index contributed by atoms with van der Waals surface area (Å²) in [6.07, 6.45) is 0.557. The molecule has 2 rings (SSSR count). The van der Waals surface area contributed by atoms with Crippen molar-refractivity contribution in [3.05, 3.63) is 72.8 Å². The van der Waals surface area contributed by atoms with Gasteiger partial charge in [-0.05, 0) is 37.3 Å². The summed E-state index contributed by atoms with van der Waals surface area (Å²) in [5.41, 5.74) is 0.540. The molecule has 134 valence electrons. The van der Waals surface area contributed by atoms with E-state index in [-0.39, 0.29) is 17.0 Å². The molecule has 1 atom stereocenters. The van der Waals surface area contributed by atoms with Gasteiger partial charge in [0.25, 0.3) is 10.0 Å². The van der Waals surface area contributed by atoms with E-state index < -0.39 is 22.1 Å². The molecule has 2 aromatic carbocycles. The molecule has 7 heteroatoms. The first kappa shape index (κ1) is 19.2. The molecule has 6 nitrogen and oxygen atoms in total. The Morgan fingerprint density at radius 1 is 1.27 bits per heavy atom. The molecule has 0 saturated heterocycles. The summed E-state index contributed by atoms with van der Waals surface area (Å²) >= 11 is 0. The molecule has 0 amide bonds. The molecule has 0 heterocycles. The average Bonchev–Trinajstić information content (AvgIpc) is 2.66. The lowest BCUT2D eigenvalue weighted by Crippen LogP contribution is -2.31. The van der Waals surface area contributed by atoms with E-state index in [0.29, 0.717) is 5.69 Å². The van der Waals surface area contributed by atoms with E-state index in [4.69, 9.17) is 10.00 Å². The van der Waals surface area contributed by atoms with E-state index in [1.807, 2.05) is 0 Å². The second-order valence-corrected chi connectivity index (χ2v) is 7.23. The molecule has 0 spiro atoms. The van der Waals surface area contributed by atoms with Crippen molar-refractivity contribution < 1.29 is 17.9 Å². The average molecular weight is 370 g/mol. The van der Waals surface area contributed by atoms with Gasteiger partial charge in [-0.2, -0.15) is 5.26 Å². The van der Waals surface area contributed by atoms with Gasteiger partial charge in [0, 0.05) is 0 Å². The van der Waals surface area contributed by atoms with Gasteiger partial charge in [0.2, 0.25) is 0 Å². The van der Waals surface area contributed by atoms with Gasteiger partial charge in [-0.25, -0.2) is 13.2 Å². The molecule has 0 radical (unpaired) electrons. The Kier molecular flexibility index (Phi) is 6.15. The quantitative estimate of drug-likeness (QED) is 0.552. The Hall–Kier alpha value is -3.11. The molecule has 2 aromatic rings. The highest BCUT2D eigenvalue weighted by molar-refractivity contribution is 7.92. The number of rotatable bonds is 7. The second kappa shape index (κ2) is 8.32. The topological polar surface area (TPSA) is 87.5 Å². The second-order valence-electron chi connectivity index (χ2n) is 5.36. The van der Waals surface area contributed by atoms with Gasteiger partial charge in [0.05, 0.1) is 22.7 Å². The third-order valence-corrected chi connectivity index (χ3v) is 5.25. The zero-order valence-corrected chi connectivity index (χ0v) is 15.0. The lowest BCUT2D eigenvalue weighted by molar-refractivity contribution is 0.0435. The minimum absolute atomic E-state index is 0.0535. The van der Waals surface area contributed by atoms with Gasteiger partial charge in [-0.1, -0.05) is 30.3 Å². The Morgan fingerprint density at radius 3 is 2.58 bits per heavy atom. The van der Waals surface area contributed by atoms with Gasteiger partial charge < -0.3 is 4.74 Å². The van der Waals surface area contributed by atoms with Gasteiger partial charge >= 0.3 is 5.97 Å². The van der Waals surface area contributed by atoms with E-state index >= 15 is 0 Å². The summed E-state index contributed by atoms with van der Waals surface area (Å²) < 4.78 is 32.2. The van der Waals surface area contributed by atoms with Crippen molar-refractivity contribution in [3.63, 3.8) is 0 Å². The van der Waals surface area contributed by atoms with Gasteiger partial charge in [-0.15, -0.1) is 6.58 Å². The van der Waals surface area contributed by atoms with Crippen LogP contribution in [0.25, 0.3) is 0 Å². The highest BCUT2D eigenvalue weighted by Crippen LogP contribution is 2.24. The van der Waals surface area contributed by atoms with Crippen LogP contribution in [0.15, 0.2) is 72.1 Å². The Bertz CT molecular complexity index is 934. The minimum atomic E-state index is -3.92. The van der Waals surface area contributed by atoms with Gasteiger partial charge in [-0.3, -0.25) is 4.31 Å². The molecule has 0 aliphatic carbocycles. The van der Waals surface area contributed by atoms with E-state index in [2.05, 4.69) is 6.58 Å². The predicted octanol–water partition coefficient (Wildman–Crippen LogP) is 3.14. The van der Waals surface area contributed by atoms with Gasteiger partial charge in [0.1, 0.15) is 6.07 Å². The first-order chi connectivity index (χ1) is 12.4. The van der Waals surface area contributed by atoms with E-state index in [9.17, 15) is 13.2 Å². The molecule has 0 fully saturated rings. The smallest absolute Gasteiger partial charge is 0.339 e. The van der Waals surface area contributed by atoms with Crippen molar-refractivity contribution in [1.29, 1.82) is 5.26 Å². The third-order valence-electron chi connectivity index (χ3n) is 3.46. The molecule has 0 unspecified atom stereocenters. The van der Waals surface area contributed by atoms with Crippen molar-refractivity contribution in [1.82, 2.24) is 0 Å². The summed E-state index contributed by atoms with van der Waals surface area (Å²) in [6.45, 7) is 5.12. The summed E-state index contributed by atoms with van der Waals surface area (Å²) in [5, 5.41) is 8.73. The molecular formula is C19H18N2O4S. The fraction of sp³-hybridized carbons (Fsp3) is 0.158. The minimum Gasteiger partial charge on any atom is -0.444 e. The van der Waals surface area contributed by atoms with Gasteiger partial charge in [0.15, 0.2) is 6.10 Å². The standard InChI is InChI=1S/C19H18N2O4S/c1-3-12-21(17-9-5-4-6-10-17)26(23,24)18-11-7-8-16(13-18)19(22)25-15(2)14-20/h3-11,13,15H,1,12H2,2H3/t15-/m1/s1. The maximum atomic E-state index is 13.0. The fourth-order valence-corrected chi connectivity index (χ4v) is 3.70. The summed E-state index contributed by atoms with van der Waals surface area (Å²) in [4.78, 5) is 12.0. The van der Waals surface area contributed by atoms with Crippen molar-refractivity contribution in [2.75, 3.05) is 10.8 Å². The number of nitriles is 1. The molecular weight excluding hydrogens is 352 g/mol. The first-order valence-electron chi connectivity index (χ1n) is 7.79. The van der Waals surface area contributed by atoms with Crippen LogP contribution in [-0.2, 0) is 14.8 Å². The SMILES string of the molecule is C=CCN(c1ccccc1)S(=O)(=O)c1cccc(C(=O)O[C@H](C)C#N)c1. The Labute approximate surface area is 153 Å². The van der Waals surface area contributed by atoms with Crippen LogP contribution in [-0.4, -0.2) is 27.0 Å². The third kappa shape index (κ3) is 4.29. The highest BCUT2D eigenvalue weighted by atomic mass is 32.2. The molecule has 0 aromatic heterocycles. The zero-order chi connectivity index (χ0) is 19.2. The molecule has 0 aliphatic rings. The predicted molar refractivity (Wildman–Crippen MR) is 98.1 cm³/mol. The maximum Gasteiger partial charge on any atom is 0.339 e. The number of para-hydroxylation sites is 1. The maximum absolute atomic E-state index is 13.0. The highest BCUT2D eigenvalue weighted by Gasteiger charge is 2.25. The Balaban J connectivity index is 2.42. The number of hydrogen-bond acceptors (Lipinski definition) is 5. The number of hydrogen-bond donors (Lipinski definition) is 0. The van der Waals surface area contributed by atoms with Crippen molar-refractivity contribution in [3.8, 4) is 6.07 Å². The van der Waals surface area contributed by atoms with Crippen molar-refractivity contribution in [2.45, 2.75) is 17.9 Å². The zero-order valence-electron chi connectivity index (χ0n) is 14.2. The lowest BCUT2D eigenvalue weighted by atomic mass is 10.2. The van der Waals surface area contributed by atoms with Crippen molar-refractivity contribution >= 4 is 21.7 Å². The number of benzene rings is 2. The van der Waals surface area contributed by atoms with E-state index in [1.165, 1.54) is 41.6 Å². The Morgan fingerprint density at radius 2 is 1.96 bits per heavy atom. The first-order valence-corrected chi connectivity index (χ1v) is 9.23. The number of carbonyl (C=O) groups excluding carboxylic acids is 1. The van der Waals surface area contributed by atoms with E-state index in [0.717, 1.165) is 0 Å². The fourth-order valence-electron chi connectivity index (χ4n) is 2.22. The number of esters is 1. The van der Waals surface area contributed by atoms with Crippen LogP contribution in [0.3, 0.4) is 0 Å². The van der Waals surface area contributed by atoms with Crippen LogP contribution in [0.4, 0.5) is 5.69 Å². The van der Waals surface area contributed by atoms with Crippen LogP contribution in [0.1, 0.15) is 17.3 Å². The molecule has 26 heavy (non-hydrogen) atoms. The number of carbonyl (C=O) groups is 1. The van der Waals surface area contributed by atoms with Crippen molar-refractivity contribution in [2.24, 2.45) is 0 Å². The monoisotopic (exact) mass is 370 g/mol. The molecule has 0 aliphatic heterocycles. The largest absolute Gasteiger partial charge is 0.444 e. The van der Waals surface area contributed by atoms with Crippen LogP contribution in [0.5, 0.6) is 0 Å². The lowest BCUT2D eigenvalue weighted by Gasteiger charge is -2.23. The molecule has 0 N–H and O–H groups in total. The van der Waals surface area contributed by atoms with Crippen LogP contribution in [0.2, 0.25) is 0 Å². The number of nitrogens with zero attached hydrogens (tertiary/aromatic N) is 2. The van der Waals surface area contributed by atoms with Crippen LogP contribution >= 0.6 is 0 Å². The number of ether oxygens (including phenoxy) is 1. The normalized spacial score (nSPS) is 11.8. The van der Waals surface area contributed by atoms with E-state index in [1.54, 1.807) is 36.4 Å². The summed E-state index contributed by atoms with van der Waals surface area (Å²) in [5.74, 6) is -0.758. The summed E-state index contributed by atoms with van der Waals surface area (Å²) in [6, 6.07) is 15.9.